The predicted octanol–water partition coefficient (Wildman–Crippen LogP) is 3.32. The summed E-state index contributed by atoms with van der Waals surface area (Å²) in [6.45, 7) is 2.13. The van der Waals surface area contributed by atoms with Gasteiger partial charge in [0, 0.05) is 24.7 Å². The van der Waals surface area contributed by atoms with Crippen LogP contribution in [0.1, 0.15) is 41.5 Å². The summed E-state index contributed by atoms with van der Waals surface area (Å²) >= 11 is 5.93. The molecule has 1 atom stereocenters. The van der Waals surface area contributed by atoms with Gasteiger partial charge in [-0.1, -0.05) is 30.2 Å². The van der Waals surface area contributed by atoms with E-state index in [1.807, 2.05) is 12.1 Å². The fraction of sp³-hybridized carbons (Fsp3) is 0.450. The van der Waals surface area contributed by atoms with Crippen molar-refractivity contribution in [1.82, 2.24) is 9.21 Å². The zero-order valence-electron chi connectivity index (χ0n) is 15.9. The summed E-state index contributed by atoms with van der Waals surface area (Å²) < 4.78 is 38.2. The molecule has 0 saturated carbocycles. The normalized spacial score (nSPS) is 21.3. The predicted molar refractivity (Wildman–Crippen MR) is 107 cm³/mol. The number of halogens is 1. The third-order valence-electron chi connectivity index (χ3n) is 5.30. The maximum absolute atomic E-state index is 12.9. The Kier molecular flexibility index (Phi) is 5.96. The van der Waals surface area contributed by atoms with Crippen LogP contribution >= 0.6 is 11.6 Å². The van der Waals surface area contributed by atoms with Crippen LogP contribution in [0.5, 0.6) is 0 Å². The van der Waals surface area contributed by atoms with Gasteiger partial charge >= 0.3 is 0 Å². The van der Waals surface area contributed by atoms with Crippen molar-refractivity contribution >= 4 is 27.5 Å². The Bertz CT molecular complexity index is 967. The molecule has 0 radical (unpaired) electrons. The van der Waals surface area contributed by atoms with Gasteiger partial charge in [-0.05, 0) is 42.7 Å². The Labute approximate surface area is 175 Å². The number of piperidine rings is 1. The molecule has 1 aromatic carbocycles. The molecule has 2 aliphatic rings. The largest absolute Gasteiger partial charge is 0.438 e. The smallest absolute Gasteiger partial charge is 0.289 e. The number of rotatable bonds is 4. The van der Waals surface area contributed by atoms with Gasteiger partial charge in [-0.2, -0.15) is 4.31 Å². The molecular formula is C20H23ClN2O5S. The van der Waals surface area contributed by atoms with E-state index in [-0.39, 0.29) is 22.9 Å². The van der Waals surface area contributed by atoms with Gasteiger partial charge in [-0.15, -0.1) is 0 Å². The molecule has 0 spiro atoms. The van der Waals surface area contributed by atoms with Gasteiger partial charge in [-0.3, -0.25) is 4.79 Å². The summed E-state index contributed by atoms with van der Waals surface area (Å²) in [5.41, 5.74) is 0.930. The second kappa shape index (κ2) is 8.47. The Morgan fingerprint density at radius 3 is 2.45 bits per heavy atom. The highest BCUT2D eigenvalue weighted by Crippen LogP contribution is 2.26. The van der Waals surface area contributed by atoms with Crippen LogP contribution in [0.2, 0.25) is 5.02 Å². The van der Waals surface area contributed by atoms with Gasteiger partial charge in [0.1, 0.15) is 6.10 Å². The summed E-state index contributed by atoms with van der Waals surface area (Å²) in [4.78, 5) is 14.5. The van der Waals surface area contributed by atoms with Crippen LogP contribution in [0.4, 0.5) is 0 Å². The molecule has 1 aromatic heterocycles. The molecule has 0 bridgehead atoms. The van der Waals surface area contributed by atoms with Crippen molar-refractivity contribution < 1.29 is 22.4 Å². The number of carbonyl (C=O) groups excluding carboxylic acids is 1. The van der Waals surface area contributed by atoms with Crippen molar-refractivity contribution in [3.63, 3.8) is 0 Å². The highest BCUT2D eigenvalue weighted by Gasteiger charge is 2.32. The average Bonchev–Trinajstić information content (AvgIpc) is 3.26. The quantitative estimate of drug-likeness (QED) is 0.731. The van der Waals surface area contributed by atoms with Crippen LogP contribution in [0.25, 0.3) is 0 Å². The Morgan fingerprint density at radius 2 is 1.72 bits per heavy atom. The summed E-state index contributed by atoms with van der Waals surface area (Å²) in [6, 6.07) is 10.1. The Balaban J connectivity index is 1.47. The summed E-state index contributed by atoms with van der Waals surface area (Å²) in [6.07, 6.45) is 2.44. The van der Waals surface area contributed by atoms with E-state index in [4.69, 9.17) is 20.8 Å². The molecule has 2 aliphatic heterocycles. The number of furan rings is 1. The maximum atomic E-state index is 12.9. The number of morpholine rings is 1. The lowest BCUT2D eigenvalue weighted by Crippen LogP contribution is -2.42. The summed E-state index contributed by atoms with van der Waals surface area (Å²) in [5, 5.41) is 0.459. The van der Waals surface area contributed by atoms with E-state index in [1.54, 1.807) is 17.0 Å². The standard InChI is InChI=1S/C20H23ClN2O5S/c21-16-6-4-15(5-7-16)18-14-22(12-13-27-18)20(24)17-8-9-19(28-17)29(25,26)23-10-2-1-3-11-23/h4-9,18H,1-3,10-14H2. The molecule has 0 N–H and O–H groups in total. The molecule has 4 rings (SSSR count). The maximum Gasteiger partial charge on any atom is 0.289 e. The molecule has 29 heavy (non-hydrogen) atoms. The number of amides is 1. The minimum absolute atomic E-state index is 0.0253. The first-order valence-corrected chi connectivity index (χ1v) is 11.5. The van der Waals surface area contributed by atoms with Gasteiger partial charge in [0.05, 0.1) is 13.2 Å². The fourth-order valence-electron chi connectivity index (χ4n) is 3.67. The Hall–Kier alpha value is -1.87. The lowest BCUT2D eigenvalue weighted by molar-refractivity contribution is -0.0239. The molecule has 2 fully saturated rings. The number of sulfonamides is 1. The minimum atomic E-state index is -3.70. The van der Waals surface area contributed by atoms with Crippen molar-refractivity contribution in [3.05, 3.63) is 52.7 Å². The molecule has 2 aromatic rings. The number of ether oxygens (including phenoxy) is 1. The lowest BCUT2D eigenvalue weighted by Gasteiger charge is -2.32. The highest BCUT2D eigenvalue weighted by molar-refractivity contribution is 7.89. The first-order valence-electron chi connectivity index (χ1n) is 9.71. The minimum Gasteiger partial charge on any atom is -0.438 e. The van der Waals surface area contributed by atoms with Crippen molar-refractivity contribution in [2.45, 2.75) is 30.5 Å². The highest BCUT2D eigenvalue weighted by atomic mass is 35.5. The second-order valence-electron chi connectivity index (χ2n) is 7.25. The van der Waals surface area contributed by atoms with E-state index in [0.717, 1.165) is 24.8 Å². The van der Waals surface area contributed by atoms with Crippen LogP contribution < -0.4 is 0 Å². The van der Waals surface area contributed by atoms with Crippen LogP contribution in [0.15, 0.2) is 45.9 Å². The third kappa shape index (κ3) is 4.35. The van der Waals surface area contributed by atoms with E-state index in [9.17, 15) is 13.2 Å². The van der Waals surface area contributed by atoms with Crippen LogP contribution in [-0.2, 0) is 14.8 Å². The van der Waals surface area contributed by atoms with Crippen molar-refractivity contribution in [1.29, 1.82) is 0 Å². The van der Waals surface area contributed by atoms with Crippen LogP contribution in [0.3, 0.4) is 0 Å². The molecule has 7 nitrogen and oxygen atoms in total. The number of carbonyl (C=O) groups is 1. The van der Waals surface area contributed by atoms with Crippen molar-refractivity contribution in [2.75, 3.05) is 32.8 Å². The SMILES string of the molecule is O=C(c1ccc(S(=O)(=O)N2CCCCC2)o1)N1CCOC(c2ccc(Cl)cc2)C1. The average molecular weight is 439 g/mol. The Morgan fingerprint density at radius 1 is 1.00 bits per heavy atom. The zero-order valence-corrected chi connectivity index (χ0v) is 17.5. The number of hydrogen-bond donors (Lipinski definition) is 0. The molecular weight excluding hydrogens is 416 g/mol. The molecule has 0 aliphatic carbocycles. The molecule has 9 heteroatoms. The molecule has 156 valence electrons. The van der Waals surface area contributed by atoms with E-state index < -0.39 is 10.0 Å². The van der Waals surface area contributed by atoms with Crippen LogP contribution in [-0.4, -0.2) is 56.3 Å². The van der Waals surface area contributed by atoms with Crippen LogP contribution in [0, 0.1) is 0 Å². The molecule has 3 heterocycles. The molecule has 2 saturated heterocycles. The van der Waals surface area contributed by atoms with Gasteiger partial charge in [0.15, 0.2) is 5.76 Å². The molecule has 1 unspecified atom stereocenters. The first-order chi connectivity index (χ1) is 13.9. The zero-order chi connectivity index (χ0) is 20.4. The fourth-order valence-corrected chi connectivity index (χ4v) is 5.23. The van der Waals surface area contributed by atoms with E-state index in [1.165, 1.54) is 16.4 Å². The third-order valence-corrected chi connectivity index (χ3v) is 7.32. The number of benzene rings is 1. The van der Waals surface area contributed by atoms with Crippen molar-refractivity contribution in [3.8, 4) is 0 Å². The van der Waals surface area contributed by atoms with Gasteiger partial charge in [0.2, 0.25) is 5.09 Å². The second-order valence-corrected chi connectivity index (χ2v) is 9.55. The van der Waals surface area contributed by atoms with E-state index in [2.05, 4.69) is 0 Å². The first kappa shape index (κ1) is 20.4. The van der Waals surface area contributed by atoms with E-state index >= 15 is 0 Å². The number of hydrogen-bond acceptors (Lipinski definition) is 5. The van der Waals surface area contributed by atoms with Gasteiger partial charge < -0.3 is 14.1 Å². The topological polar surface area (TPSA) is 80.1 Å². The van der Waals surface area contributed by atoms with Gasteiger partial charge in [-0.25, -0.2) is 8.42 Å². The van der Waals surface area contributed by atoms with Crippen molar-refractivity contribution in [2.24, 2.45) is 0 Å². The lowest BCUT2D eigenvalue weighted by atomic mass is 10.1. The monoisotopic (exact) mass is 438 g/mol. The summed E-state index contributed by atoms with van der Waals surface area (Å²) in [5.74, 6) is -0.315. The summed E-state index contributed by atoms with van der Waals surface area (Å²) in [7, 11) is -3.70. The molecule has 1 amide bonds. The van der Waals surface area contributed by atoms with E-state index in [0.29, 0.717) is 37.8 Å². The number of nitrogens with zero attached hydrogens (tertiary/aromatic N) is 2. The van der Waals surface area contributed by atoms with Gasteiger partial charge in [0.25, 0.3) is 15.9 Å².